The van der Waals surface area contributed by atoms with Crippen molar-refractivity contribution in [3.05, 3.63) is 0 Å². The molecular weight excluding hydrogens is 241 g/mol. The van der Waals surface area contributed by atoms with Gasteiger partial charge in [0.25, 0.3) is 0 Å². The molecule has 0 radical (unpaired) electrons. The number of hydrogen-bond acceptors (Lipinski definition) is 4. The molecule has 1 fully saturated rings. The Morgan fingerprint density at radius 2 is 2.07 bits per heavy atom. The lowest BCUT2D eigenvalue weighted by Gasteiger charge is -2.24. The predicted octanol–water partition coefficient (Wildman–Crippen LogP) is -0.714. The summed E-state index contributed by atoms with van der Waals surface area (Å²) in [6.45, 7) is 4.95. The minimum atomic E-state index is -0.0494. The second-order valence-corrected chi connectivity index (χ2v) is 2.90. The molecule has 0 aliphatic carbocycles. The van der Waals surface area contributed by atoms with E-state index in [-0.39, 0.29) is 36.9 Å². The van der Waals surface area contributed by atoms with Crippen molar-refractivity contribution in [1.82, 2.24) is 10.4 Å². The second-order valence-electron chi connectivity index (χ2n) is 2.90. The van der Waals surface area contributed by atoms with Crippen molar-refractivity contribution in [3.8, 4) is 0 Å². The van der Waals surface area contributed by atoms with Gasteiger partial charge in [-0.1, -0.05) is 0 Å². The molecule has 0 aromatic carbocycles. The Kier molecular flexibility index (Phi) is 10.3. The number of nitrogens with zero attached hydrogens (tertiary/aromatic N) is 2. The largest absolute Gasteiger partial charge is 0.379 e. The summed E-state index contributed by atoms with van der Waals surface area (Å²) in [7, 11) is 0. The van der Waals surface area contributed by atoms with Gasteiger partial charge in [-0.2, -0.15) is 0 Å². The van der Waals surface area contributed by atoms with Gasteiger partial charge in [0.15, 0.2) is 5.96 Å². The van der Waals surface area contributed by atoms with Crippen molar-refractivity contribution in [2.45, 2.75) is 13.1 Å². The predicted molar refractivity (Wildman–Crippen MR) is 65.3 cm³/mol. The first-order chi connectivity index (χ1) is 6.20. The first-order valence-electron chi connectivity index (χ1n) is 4.37. The average Bonchev–Trinajstić information content (AvgIpc) is 2.29. The van der Waals surface area contributed by atoms with Gasteiger partial charge in [-0.05, 0) is 6.92 Å². The van der Waals surface area contributed by atoms with Crippen molar-refractivity contribution in [1.29, 1.82) is 0 Å². The molecule has 0 bridgehead atoms. The third-order valence-corrected chi connectivity index (χ3v) is 1.82. The van der Waals surface area contributed by atoms with E-state index in [4.69, 9.17) is 16.2 Å². The van der Waals surface area contributed by atoms with Gasteiger partial charge in [0.1, 0.15) is 6.17 Å². The van der Waals surface area contributed by atoms with Crippen LogP contribution in [0.25, 0.3) is 0 Å². The van der Waals surface area contributed by atoms with Gasteiger partial charge in [0, 0.05) is 13.1 Å². The molecule has 15 heavy (non-hydrogen) atoms. The summed E-state index contributed by atoms with van der Waals surface area (Å²) in [5, 5.41) is 1.96. The van der Waals surface area contributed by atoms with Crippen molar-refractivity contribution >= 4 is 30.8 Å². The Hall–Kier alpha value is -0.270. The SMILES string of the molecule is CC(N=C(N)N)N1CCOCCN1.Cl.Cl. The Balaban J connectivity index is 0. The van der Waals surface area contributed by atoms with Gasteiger partial charge in [-0.25, -0.2) is 10.0 Å². The summed E-state index contributed by atoms with van der Waals surface area (Å²) < 4.78 is 5.26. The van der Waals surface area contributed by atoms with Gasteiger partial charge in [0.05, 0.1) is 13.2 Å². The quantitative estimate of drug-likeness (QED) is 0.450. The fourth-order valence-corrected chi connectivity index (χ4v) is 1.21. The monoisotopic (exact) mass is 259 g/mol. The van der Waals surface area contributed by atoms with E-state index in [1.54, 1.807) is 0 Å². The highest BCUT2D eigenvalue weighted by Crippen LogP contribution is 1.98. The number of rotatable bonds is 2. The summed E-state index contributed by atoms with van der Waals surface area (Å²) in [6.07, 6.45) is -0.0494. The molecule has 92 valence electrons. The van der Waals surface area contributed by atoms with Crippen LogP contribution < -0.4 is 16.9 Å². The third-order valence-electron chi connectivity index (χ3n) is 1.82. The van der Waals surface area contributed by atoms with Crippen molar-refractivity contribution in [2.24, 2.45) is 16.5 Å². The van der Waals surface area contributed by atoms with Crippen LogP contribution in [-0.2, 0) is 4.74 Å². The van der Waals surface area contributed by atoms with Crippen LogP contribution in [0.15, 0.2) is 4.99 Å². The normalized spacial score (nSPS) is 19.0. The fraction of sp³-hybridized carbons (Fsp3) is 0.857. The Morgan fingerprint density at radius 3 is 2.67 bits per heavy atom. The standard InChI is InChI=1S/C7H17N5O.2ClH/c1-6(11-7(8)9)12-3-5-13-4-2-10-12;;/h6,10H,2-5H2,1H3,(H4,8,9,11);2*1H. The minimum Gasteiger partial charge on any atom is -0.379 e. The summed E-state index contributed by atoms with van der Waals surface area (Å²) >= 11 is 0. The van der Waals surface area contributed by atoms with Crippen LogP contribution in [0.2, 0.25) is 0 Å². The van der Waals surface area contributed by atoms with Crippen LogP contribution in [0.3, 0.4) is 0 Å². The summed E-state index contributed by atoms with van der Waals surface area (Å²) in [5.41, 5.74) is 13.7. The first kappa shape index (κ1) is 17.1. The van der Waals surface area contributed by atoms with Crippen LogP contribution in [0.4, 0.5) is 0 Å². The van der Waals surface area contributed by atoms with Crippen LogP contribution >= 0.6 is 24.8 Å². The lowest BCUT2D eigenvalue weighted by molar-refractivity contribution is 0.123. The van der Waals surface area contributed by atoms with E-state index in [9.17, 15) is 0 Å². The Morgan fingerprint density at radius 1 is 1.40 bits per heavy atom. The van der Waals surface area contributed by atoms with Crippen molar-refractivity contribution in [2.75, 3.05) is 26.3 Å². The molecule has 0 saturated carbocycles. The number of guanidine groups is 1. The van der Waals surface area contributed by atoms with E-state index >= 15 is 0 Å². The van der Waals surface area contributed by atoms with Gasteiger partial charge >= 0.3 is 0 Å². The smallest absolute Gasteiger partial charge is 0.187 e. The summed E-state index contributed by atoms with van der Waals surface area (Å²) in [6, 6.07) is 0. The minimum absolute atomic E-state index is 0. The molecule has 1 aliphatic rings. The average molecular weight is 260 g/mol. The molecule has 1 unspecified atom stereocenters. The highest BCUT2D eigenvalue weighted by molar-refractivity contribution is 5.85. The maximum absolute atomic E-state index is 5.28. The molecule has 0 amide bonds. The van der Waals surface area contributed by atoms with Gasteiger partial charge in [0.2, 0.25) is 0 Å². The molecule has 0 aromatic heterocycles. The second kappa shape index (κ2) is 8.99. The molecule has 1 heterocycles. The zero-order valence-electron chi connectivity index (χ0n) is 8.68. The molecule has 0 spiro atoms. The molecule has 1 atom stereocenters. The first-order valence-corrected chi connectivity index (χ1v) is 4.37. The zero-order chi connectivity index (χ0) is 9.68. The van der Waals surface area contributed by atoms with E-state index in [0.717, 1.165) is 19.7 Å². The van der Waals surface area contributed by atoms with E-state index in [0.29, 0.717) is 6.61 Å². The third kappa shape index (κ3) is 6.75. The molecule has 1 saturated heterocycles. The summed E-state index contributed by atoms with van der Waals surface area (Å²) in [4.78, 5) is 4.02. The van der Waals surface area contributed by atoms with E-state index in [2.05, 4.69) is 10.4 Å². The van der Waals surface area contributed by atoms with Crippen LogP contribution in [-0.4, -0.2) is 43.4 Å². The van der Waals surface area contributed by atoms with E-state index < -0.39 is 0 Å². The molecular formula is C7H19Cl2N5O. The maximum atomic E-state index is 5.28. The van der Waals surface area contributed by atoms with Crippen molar-refractivity contribution in [3.63, 3.8) is 0 Å². The molecule has 1 aliphatic heterocycles. The Labute approximate surface area is 102 Å². The number of nitrogens with two attached hydrogens (primary N) is 2. The topological polar surface area (TPSA) is 88.9 Å². The number of halogens is 2. The van der Waals surface area contributed by atoms with E-state index in [1.807, 2.05) is 11.9 Å². The van der Waals surface area contributed by atoms with Crippen LogP contribution in [0.5, 0.6) is 0 Å². The molecule has 0 aromatic rings. The highest BCUT2D eigenvalue weighted by Gasteiger charge is 2.14. The van der Waals surface area contributed by atoms with Crippen LogP contribution in [0.1, 0.15) is 6.92 Å². The van der Waals surface area contributed by atoms with Gasteiger partial charge in [-0.3, -0.25) is 5.43 Å². The number of hydrogen-bond donors (Lipinski definition) is 3. The number of nitrogens with one attached hydrogen (secondary N) is 1. The molecule has 5 N–H and O–H groups in total. The Bertz CT molecular complexity index is 180. The van der Waals surface area contributed by atoms with E-state index in [1.165, 1.54) is 0 Å². The fourth-order valence-electron chi connectivity index (χ4n) is 1.21. The molecule has 8 heteroatoms. The zero-order valence-corrected chi connectivity index (χ0v) is 10.3. The summed E-state index contributed by atoms with van der Waals surface area (Å²) in [5.74, 6) is 0.111. The highest BCUT2D eigenvalue weighted by atomic mass is 35.5. The molecule has 1 rings (SSSR count). The maximum Gasteiger partial charge on any atom is 0.187 e. The molecule has 6 nitrogen and oxygen atoms in total. The van der Waals surface area contributed by atoms with Crippen LogP contribution in [0, 0.1) is 0 Å². The number of hydrazine groups is 1. The number of ether oxygens (including phenoxy) is 1. The van der Waals surface area contributed by atoms with Crippen molar-refractivity contribution < 1.29 is 4.74 Å². The van der Waals surface area contributed by atoms with Gasteiger partial charge in [-0.15, -0.1) is 24.8 Å². The lowest BCUT2D eigenvalue weighted by atomic mass is 10.5. The van der Waals surface area contributed by atoms with Gasteiger partial charge < -0.3 is 16.2 Å². The number of aliphatic imine (C=N–C) groups is 1. The lowest BCUT2D eigenvalue weighted by Crippen LogP contribution is -2.45.